The summed E-state index contributed by atoms with van der Waals surface area (Å²) in [5, 5.41) is 11.2. The fraction of sp³-hybridized carbons (Fsp3) is 0.125. The van der Waals surface area contributed by atoms with Crippen molar-refractivity contribution in [1.82, 2.24) is 0 Å². The number of carbonyl (C=O) groups excluding carboxylic acids is 1. The molecule has 0 atom stereocenters. The second kappa shape index (κ2) is 6.11. The zero-order chi connectivity index (χ0) is 15.5. The molecule has 0 unspecified atom stereocenters. The highest BCUT2D eigenvalue weighted by molar-refractivity contribution is 8.00. The van der Waals surface area contributed by atoms with Crippen molar-refractivity contribution in [1.29, 1.82) is 0 Å². The Morgan fingerprint density at radius 1 is 1.23 bits per heavy atom. The van der Waals surface area contributed by atoms with Gasteiger partial charge in [0.15, 0.2) is 0 Å². The van der Waals surface area contributed by atoms with Gasteiger partial charge in [0.2, 0.25) is 5.91 Å². The minimum Gasteiger partial charge on any atom is -0.465 e. The summed E-state index contributed by atoms with van der Waals surface area (Å²) in [7, 11) is 0. The molecule has 1 aliphatic rings. The molecule has 112 valence electrons. The third-order valence-electron chi connectivity index (χ3n) is 3.34. The number of carbonyl (C=O) groups is 2. The monoisotopic (exact) mass is 314 g/mol. The second-order valence-corrected chi connectivity index (χ2v) is 5.88. The van der Waals surface area contributed by atoms with E-state index in [0.29, 0.717) is 18.0 Å². The van der Waals surface area contributed by atoms with Crippen LogP contribution in [-0.4, -0.2) is 22.9 Å². The average Bonchev–Trinajstić information content (AvgIpc) is 2.51. The largest absolute Gasteiger partial charge is 0.465 e. The van der Waals surface area contributed by atoms with Gasteiger partial charge in [0.25, 0.3) is 0 Å². The number of hydrogen-bond donors (Lipinski definition) is 2. The third-order valence-corrected chi connectivity index (χ3v) is 4.38. The van der Waals surface area contributed by atoms with Crippen LogP contribution in [0.15, 0.2) is 53.4 Å². The number of amides is 2. The fourth-order valence-corrected chi connectivity index (χ4v) is 3.26. The van der Waals surface area contributed by atoms with Gasteiger partial charge in [-0.05, 0) is 23.8 Å². The normalized spacial score (nSPS) is 13.6. The van der Waals surface area contributed by atoms with Gasteiger partial charge in [-0.15, -0.1) is 11.8 Å². The number of anilines is 2. The first-order valence-electron chi connectivity index (χ1n) is 6.74. The molecule has 0 saturated carbocycles. The number of nitrogens with one attached hydrogen (secondary N) is 1. The molecule has 6 heteroatoms. The molecule has 2 aromatic carbocycles. The Labute approximate surface area is 131 Å². The Balaban J connectivity index is 1.94. The summed E-state index contributed by atoms with van der Waals surface area (Å²) in [5.74, 6) is 0.416. The summed E-state index contributed by atoms with van der Waals surface area (Å²) in [5.41, 5.74) is 2.24. The van der Waals surface area contributed by atoms with Crippen molar-refractivity contribution in [2.45, 2.75) is 11.4 Å². The highest BCUT2D eigenvalue weighted by atomic mass is 32.2. The molecule has 22 heavy (non-hydrogen) atoms. The molecule has 0 radical (unpaired) electrons. The van der Waals surface area contributed by atoms with E-state index in [9.17, 15) is 9.59 Å². The lowest BCUT2D eigenvalue weighted by atomic mass is 10.2. The maximum absolute atomic E-state index is 12.3. The van der Waals surface area contributed by atoms with Crippen molar-refractivity contribution >= 4 is 35.1 Å². The maximum atomic E-state index is 12.3. The molecule has 0 spiro atoms. The number of carboxylic acid groups (broad SMARTS) is 1. The zero-order valence-corrected chi connectivity index (χ0v) is 12.5. The second-order valence-electron chi connectivity index (χ2n) is 4.87. The van der Waals surface area contributed by atoms with Crippen LogP contribution in [0.2, 0.25) is 0 Å². The molecule has 0 saturated heterocycles. The van der Waals surface area contributed by atoms with Crippen molar-refractivity contribution in [3.05, 3.63) is 54.1 Å². The molecule has 2 amide bonds. The number of rotatable bonds is 3. The molecule has 0 fully saturated rings. The van der Waals surface area contributed by atoms with Crippen LogP contribution in [0.5, 0.6) is 0 Å². The van der Waals surface area contributed by atoms with Crippen LogP contribution in [0.3, 0.4) is 0 Å². The number of fused-ring (bicyclic) bond motifs is 1. The first-order valence-corrected chi connectivity index (χ1v) is 7.73. The summed E-state index contributed by atoms with van der Waals surface area (Å²) < 4.78 is 0. The van der Waals surface area contributed by atoms with Gasteiger partial charge < -0.3 is 10.0 Å². The smallest absolute Gasteiger partial charge is 0.409 e. The van der Waals surface area contributed by atoms with Crippen molar-refractivity contribution in [2.24, 2.45) is 0 Å². The van der Waals surface area contributed by atoms with Crippen LogP contribution in [0.25, 0.3) is 0 Å². The summed E-state index contributed by atoms with van der Waals surface area (Å²) >= 11 is 1.47. The van der Waals surface area contributed by atoms with Crippen LogP contribution < -0.4 is 10.2 Å². The first-order chi connectivity index (χ1) is 10.6. The van der Waals surface area contributed by atoms with Crippen LogP contribution in [0.4, 0.5) is 16.2 Å². The van der Waals surface area contributed by atoms with E-state index < -0.39 is 6.09 Å². The Kier molecular flexibility index (Phi) is 4.02. The van der Waals surface area contributed by atoms with Gasteiger partial charge in [-0.1, -0.05) is 30.3 Å². The Hall–Kier alpha value is -2.47. The molecule has 1 aliphatic heterocycles. The predicted octanol–water partition coefficient (Wildman–Crippen LogP) is 3.42. The minimum atomic E-state index is -1.12. The van der Waals surface area contributed by atoms with Gasteiger partial charge in [0.05, 0.1) is 18.0 Å². The molecule has 2 aromatic rings. The van der Waals surface area contributed by atoms with E-state index in [1.54, 1.807) is 17.0 Å². The van der Waals surface area contributed by atoms with Crippen LogP contribution in [-0.2, 0) is 11.3 Å². The SMILES string of the molecule is O=C(O)Nc1ccc2c(c1)N(Cc1ccccc1)C(=O)CS2. The number of nitrogens with zero attached hydrogens (tertiary/aromatic N) is 1. The van der Waals surface area contributed by atoms with Gasteiger partial charge in [-0.2, -0.15) is 0 Å². The lowest BCUT2D eigenvalue weighted by Crippen LogP contribution is -2.34. The fourth-order valence-electron chi connectivity index (χ4n) is 2.34. The first kappa shape index (κ1) is 14.5. The molecule has 3 rings (SSSR count). The molecule has 0 aromatic heterocycles. The molecular formula is C16H14N2O3S. The van der Waals surface area contributed by atoms with Gasteiger partial charge in [0.1, 0.15) is 0 Å². The van der Waals surface area contributed by atoms with Crippen LogP contribution in [0.1, 0.15) is 5.56 Å². The lowest BCUT2D eigenvalue weighted by Gasteiger charge is -2.29. The van der Waals surface area contributed by atoms with E-state index in [-0.39, 0.29) is 5.91 Å². The van der Waals surface area contributed by atoms with E-state index in [0.717, 1.165) is 16.1 Å². The zero-order valence-electron chi connectivity index (χ0n) is 11.7. The van der Waals surface area contributed by atoms with E-state index in [1.165, 1.54) is 11.8 Å². The highest BCUT2D eigenvalue weighted by Gasteiger charge is 2.25. The van der Waals surface area contributed by atoms with Crippen molar-refractivity contribution in [3.8, 4) is 0 Å². The van der Waals surface area contributed by atoms with Gasteiger partial charge >= 0.3 is 6.09 Å². The topological polar surface area (TPSA) is 69.6 Å². The third kappa shape index (κ3) is 3.07. The quantitative estimate of drug-likeness (QED) is 0.911. The lowest BCUT2D eigenvalue weighted by molar-refractivity contribution is -0.116. The average molecular weight is 314 g/mol. The Morgan fingerprint density at radius 3 is 2.73 bits per heavy atom. The minimum absolute atomic E-state index is 0.0221. The summed E-state index contributed by atoms with van der Waals surface area (Å²) in [4.78, 5) is 25.7. The molecule has 2 N–H and O–H groups in total. The van der Waals surface area contributed by atoms with Crippen molar-refractivity contribution in [2.75, 3.05) is 16.0 Å². The molecule has 5 nitrogen and oxygen atoms in total. The predicted molar refractivity (Wildman–Crippen MR) is 86.4 cm³/mol. The molecular weight excluding hydrogens is 300 g/mol. The Bertz CT molecular complexity index is 719. The van der Waals surface area contributed by atoms with E-state index in [4.69, 9.17) is 5.11 Å². The summed E-state index contributed by atoms with van der Waals surface area (Å²) in [6, 6.07) is 15.0. The van der Waals surface area contributed by atoms with E-state index in [1.807, 2.05) is 36.4 Å². The van der Waals surface area contributed by atoms with Gasteiger partial charge in [-0.3, -0.25) is 10.1 Å². The number of hydrogen-bond acceptors (Lipinski definition) is 3. The number of benzene rings is 2. The standard InChI is InChI=1S/C16H14N2O3S/c19-15-10-22-14-7-6-12(17-16(20)21)8-13(14)18(15)9-11-4-2-1-3-5-11/h1-8,17H,9-10H2,(H,20,21). The van der Waals surface area contributed by atoms with E-state index in [2.05, 4.69) is 5.32 Å². The van der Waals surface area contributed by atoms with Gasteiger partial charge in [-0.25, -0.2) is 4.79 Å². The molecule has 1 heterocycles. The summed E-state index contributed by atoms with van der Waals surface area (Å²) in [6.07, 6.45) is -1.12. The Morgan fingerprint density at radius 2 is 2.00 bits per heavy atom. The van der Waals surface area contributed by atoms with Crippen molar-refractivity contribution in [3.63, 3.8) is 0 Å². The maximum Gasteiger partial charge on any atom is 0.409 e. The highest BCUT2D eigenvalue weighted by Crippen LogP contribution is 2.37. The summed E-state index contributed by atoms with van der Waals surface area (Å²) in [6.45, 7) is 0.476. The molecule has 0 bridgehead atoms. The van der Waals surface area contributed by atoms with Gasteiger partial charge in [0, 0.05) is 10.6 Å². The van der Waals surface area contributed by atoms with Crippen LogP contribution in [0, 0.1) is 0 Å². The van der Waals surface area contributed by atoms with E-state index >= 15 is 0 Å². The van der Waals surface area contributed by atoms with Crippen LogP contribution >= 0.6 is 11.8 Å². The molecule has 0 aliphatic carbocycles. The number of thioether (sulfide) groups is 1. The van der Waals surface area contributed by atoms with Crippen molar-refractivity contribution < 1.29 is 14.7 Å².